The fraction of sp³-hybridized carbons (Fsp3) is 0.481. The number of carbonyl (C=O) groups excluding carboxylic acids is 2. The molecule has 0 spiro atoms. The van der Waals surface area contributed by atoms with Crippen molar-refractivity contribution in [1.82, 2.24) is 4.90 Å². The van der Waals surface area contributed by atoms with Crippen molar-refractivity contribution in [3.8, 4) is 0 Å². The first-order chi connectivity index (χ1) is 18.2. The molecule has 0 radical (unpaired) electrons. The second kappa shape index (κ2) is 9.31. The Kier molecular flexibility index (Phi) is 6.59. The van der Waals surface area contributed by atoms with Crippen LogP contribution in [0.25, 0.3) is 0 Å². The summed E-state index contributed by atoms with van der Waals surface area (Å²) in [5.41, 5.74) is -3.34. The lowest BCUT2D eigenvalue weighted by atomic mass is 9.95. The second-order valence-corrected chi connectivity index (χ2v) is 12.8. The van der Waals surface area contributed by atoms with Gasteiger partial charge >= 0.3 is 6.18 Å². The Morgan fingerprint density at radius 2 is 1.77 bits per heavy atom. The minimum absolute atomic E-state index is 0.0114. The summed E-state index contributed by atoms with van der Waals surface area (Å²) >= 11 is 0. The van der Waals surface area contributed by atoms with E-state index in [0.29, 0.717) is 30.9 Å². The van der Waals surface area contributed by atoms with Crippen LogP contribution in [0.1, 0.15) is 55.3 Å². The van der Waals surface area contributed by atoms with Gasteiger partial charge < -0.3 is 20.1 Å². The Balaban J connectivity index is 1.43. The number of ether oxygens (including phenoxy) is 1. The van der Waals surface area contributed by atoms with Crippen LogP contribution in [0.3, 0.4) is 0 Å². The van der Waals surface area contributed by atoms with E-state index in [9.17, 15) is 36.3 Å². The number of methoxy groups -OCH3 is 1. The Labute approximate surface area is 224 Å². The van der Waals surface area contributed by atoms with Gasteiger partial charge in [0.2, 0.25) is 0 Å². The highest BCUT2D eigenvalue weighted by atomic mass is 32.2. The second-order valence-electron chi connectivity index (χ2n) is 10.8. The number of aliphatic hydroxyl groups is 1. The number of carbonyl (C=O) groups is 2. The number of alkyl halides is 3. The molecular formula is C27H29F3N2O6S. The Morgan fingerprint density at radius 1 is 1.13 bits per heavy atom. The van der Waals surface area contributed by atoms with Crippen molar-refractivity contribution in [2.24, 2.45) is 5.92 Å². The molecule has 39 heavy (non-hydrogen) atoms. The molecule has 1 aliphatic heterocycles. The van der Waals surface area contributed by atoms with E-state index < -0.39 is 44.7 Å². The number of benzene rings is 2. The topological polar surface area (TPSA) is 113 Å². The first-order valence-corrected chi connectivity index (χ1v) is 14.3. The molecule has 0 aromatic heterocycles. The minimum Gasteiger partial charge on any atom is -0.376 e. The lowest BCUT2D eigenvalue weighted by molar-refractivity contribution is -0.258. The number of fused-ring (bicyclic) bond motifs is 1. The quantitative estimate of drug-likeness (QED) is 0.502. The molecule has 3 aliphatic rings. The van der Waals surface area contributed by atoms with Gasteiger partial charge in [-0.15, -0.1) is 0 Å². The first kappa shape index (κ1) is 27.6. The Morgan fingerprint density at radius 3 is 2.31 bits per heavy atom. The molecule has 0 saturated heterocycles. The number of amides is 2. The fourth-order valence-electron chi connectivity index (χ4n) is 4.92. The van der Waals surface area contributed by atoms with E-state index in [4.69, 9.17) is 4.74 Å². The molecule has 2 aromatic rings. The zero-order valence-electron chi connectivity index (χ0n) is 21.4. The van der Waals surface area contributed by atoms with Crippen LogP contribution in [-0.2, 0) is 36.3 Å². The summed E-state index contributed by atoms with van der Waals surface area (Å²) in [6, 6.07) is 8.01. The van der Waals surface area contributed by atoms with E-state index in [2.05, 4.69) is 5.32 Å². The molecule has 210 valence electrons. The molecule has 12 heteroatoms. The third-order valence-corrected chi connectivity index (χ3v) is 9.72. The van der Waals surface area contributed by atoms with Crippen molar-refractivity contribution in [3.63, 3.8) is 0 Å². The molecule has 2 aromatic carbocycles. The van der Waals surface area contributed by atoms with E-state index in [1.54, 1.807) is 6.07 Å². The number of anilines is 1. The molecule has 2 amide bonds. The number of nitrogens with one attached hydrogen (secondary N) is 1. The summed E-state index contributed by atoms with van der Waals surface area (Å²) in [6.45, 7) is 0.652. The summed E-state index contributed by atoms with van der Waals surface area (Å²) in [7, 11) is -2.10. The first-order valence-electron chi connectivity index (χ1n) is 12.6. The van der Waals surface area contributed by atoms with Crippen LogP contribution in [0, 0.1) is 5.92 Å². The molecule has 2 fully saturated rings. The molecule has 2 atom stereocenters. The van der Waals surface area contributed by atoms with Crippen LogP contribution in [0.4, 0.5) is 18.9 Å². The molecular weight excluding hydrogens is 537 g/mol. The monoisotopic (exact) mass is 566 g/mol. The largest absolute Gasteiger partial charge is 0.421 e. The predicted molar refractivity (Wildman–Crippen MR) is 134 cm³/mol. The third-order valence-electron chi connectivity index (χ3n) is 7.83. The zero-order chi connectivity index (χ0) is 28.4. The van der Waals surface area contributed by atoms with Gasteiger partial charge in [0, 0.05) is 19.3 Å². The van der Waals surface area contributed by atoms with Crippen molar-refractivity contribution in [1.29, 1.82) is 0 Å². The van der Waals surface area contributed by atoms with E-state index in [1.165, 1.54) is 36.3 Å². The average Bonchev–Trinajstić information content (AvgIpc) is 3.80. The van der Waals surface area contributed by atoms with E-state index >= 15 is 0 Å². The van der Waals surface area contributed by atoms with Crippen LogP contribution < -0.4 is 5.32 Å². The van der Waals surface area contributed by atoms with E-state index in [1.807, 2.05) is 0 Å². The van der Waals surface area contributed by atoms with Crippen LogP contribution in [0.2, 0.25) is 0 Å². The van der Waals surface area contributed by atoms with Gasteiger partial charge in [-0.05, 0) is 79.5 Å². The maximum absolute atomic E-state index is 13.5. The SMILES string of the molecule is COC1(C(=O)N2Cc3cc(S(=O)(=O)CC4CC4)ccc3C2C(=O)Nc2ccc(C(C)(O)C(F)(F)F)cc2)CC1. The van der Waals surface area contributed by atoms with Gasteiger partial charge in [0.15, 0.2) is 15.4 Å². The number of hydrogen-bond acceptors (Lipinski definition) is 6. The highest BCUT2D eigenvalue weighted by molar-refractivity contribution is 7.91. The molecule has 2 saturated carbocycles. The van der Waals surface area contributed by atoms with Crippen molar-refractivity contribution >= 4 is 27.3 Å². The standard InChI is InChI=1S/C27H29F3N2O6S/c1-25(35,27(28,29)30)18-5-7-19(8-6-18)31-23(33)22-21-10-9-20(39(36,37)15-16-3-4-16)13-17(21)14-32(22)24(34)26(38-2)11-12-26/h5-10,13,16,22,35H,3-4,11-12,14-15H2,1-2H3,(H,31,33). The van der Waals surface area contributed by atoms with Gasteiger partial charge in [-0.1, -0.05) is 18.2 Å². The lowest BCUT2D eigenvalue weighted by Gasteiger charge is -2.28. The minimum atomic E-state index is -4.89. The number of halogens is 3. The fourth-order valence-corrected chi connectivity index (χ4v) is 6.66. The van der Waals surface area contributed by atoms with Crippen LogP contribution >= 0.6 is 0 Å². The normalized spacial score (nSPS) is 21.7. The van der Waals surface area contributed by atoms with Gasteiger partial charge in [-0.3, -0.25) is 9.59 Å². The van der Waals surface area contributed by atoms with Gasteiger partial charge in [-0.2, -0.15) is 13.2 Å². The summed E-state index contributed by atoms with van der Waals surface area (Å²) in [5.74, 6) is -0.789. The number of hydrogen-bond donors (Lipinski definition) is 2. The summed E-state index contributed by atoms with van der Waals surface area (Å²) in [6.07, 6.45) is -2.15. The molecule has 2 N–H and O–H groups in total. The molecule has 2 unspecified atom stereocenters. The van der Waals surface area contributed by atoms with E-state index in [-0.39, 0.29) is 34.7 Å². The summed E-state index contributed by atoms with van der Waals surface area (Å²) in [5, 5.41) is 12.5. The summed E-state index contributed by atoms with van der Waals surface area (Å²) in [4.78, 5) is 28.5. The van der Waals surface area contributed by atoms with Crippen LogP contribution in [-0.4, -0.2) is 54.9 Å². The maximum atomic E-state index is 13.5. The summed E-state index contributed by atoms with van der Waals surface area (Å²) < 4.78 is 70.7. The zero-order valence-corrected chi connectivity index (χ0v) is 22.2. The smallest absolute Gasteiger partial charge is 0.376 e. The number of sulfone groups is 1. The van der Waals surface area contributed by atoms with Gasteiger partial charge in [-0.25, -0.2) is 8.42 Å². The highest BCUT2D eigenvalue weighted by Crippen LogP contribution is 2.46. The molecule has 0 bridgehead atoms. The Hall–Kier alpha value is -2.96. The average molecular weight is 567 g/mol. The highest BCUT2D eigenvalue weighted by Gasteiger charge is 2.56. The van der Waals surface area contributed by atoms with Crippen molar-refractivity contribution in [2.75, 3.05) is 18.2 Å². The van der Waals surface area contributed by atoms with Crippen molar-refractivity contribution < 1.29 is 41.0 Å². The predicted octanol–water partition coefficient (Wildman–Crippen LogP) is 3.84. The van der Waals surface area contributed by atoms with Crippen LogP contribution in [0.15, 0.2) is 47.4 Å². The maximum Gasteiger partial charge on any atom is 0.421 e. The lowest BCUT2D eigenvalue weighted by Crippen LogP contribution is -2.44. The number of nitrogens with zero attached hydrogens (tertiary/aromatic N) is 1. The molecule has 1 heterocycles. The van der Waals surface area contributed by atoms with Crippen LogP contribution in [0.5, 0.6) is 0 Å². The van der Waals surface area contributed by atoms with Crippen molar-refractivity contribution in [2.45, 2.75) is 67.5 Å². The van der Waals surface area contributed by atoms with E-state index in [0.717, 1.165) is 25.0 Å². The Bertz CT molecular complexity index is 1410. The van der Waals surface area contributed by atoms with Gasteiger partial charge in [0.05, 0.1) is 10.6 Å². The van der Waals surface area contributed by atoms with Gasteiger partial charge in [0.25, 0.3) is 11.8 Å². The third kappa shape index (κ3) is 5.05. The molecule has 2 aliphatic carbocycles. The number of rotatable bonds is 8. The molecule has 5 rings (SSSR count). The molecule has 8 nitrogen and oxygen atoms in total. The van der Waals surface area contributed by atoms with Gasteiger partial charge in [0.1, 0.15) is 11.6 Å². The van der Waals surface area contributed by atoms with Crippen molar-refractivity contribution in [3.05, 3.63) is 59.2 Å².